The zero-order valence-corrected chi connectivity index (χ0v) is 27.2. The first-order valence-electron chi connectivity index (χ1n) is 16.2. The van der Waals surface area contributed by atoms with Gasteiger partial charge in [0.15, 0.2) is 5.78 Å². The number of aromatic nitrogens is 1. The van der Waals surface area contributed by atoms with E-state index >= 15 is 0 Å². The number of alkyl halides is 2. The van der Waals surface area contributed by atoms with Crippen LogP contribution in [0, 0.1) is 17.2 Å². The van der Waals surface area contributed by atoms with E-state index in [4.69, 9.17) is 0 Å². The molecule has 9 nitrogen and oxygen atoms in total. The van der Waals surface area contributed by atoms with Gasteiger partial charge in [-0.25, -0.2) is 0 Å². The van der Waals surface area contributed by atoms with Gasteiger partial charge in [-0.1, -0.05) is 37.3 Å². The lowest BCUT2D eigenvalue weighted by Crippen LogP contribution is -2.41. The van der Waals surface area contributed by atoms with Gasteiger partial charge in [0.25, 0.3) is 11.8 Å². The van der Waals surface area contributed by atoms with E-state index in [1.165, 1.54) is 6.08 Å². The summed E-state index contributed by atoms with van der Waals surface area (Å²) in [6.07, 6.45) is 8.74. The summed E-state index contributed by atoms with van der Waals surface area (Å²) < 4.78 is 29.3. The number of piperidine rings is 1. The Labute approximate surface area is 279 Å². The average molecular weight is 655 g/mol. The number of benzene rings is 1. The van der Waals surface area contributed by atoms with Crippen molar-refractivity contribution in [3.63, 3.8) is 0 Å². The lowest BCUT2D eigenvalue weighted by Gasteiger charge is -2.31. The highest BCUT2D eigenvalue weighted by Crippen LogP contribution is 2.40. The molecular formula is C37H40F2N6O3. The van der Waals surface area contributed by atoms with Crippen molar-refractivity contribution in [3.8, 4) is 17.3 Å². The molecule has 3 heterocycles. The van der Waals surface area contributed by atoms with Gasteiger partial charge in [0.2, 0.25) is 0 Å². The molecule has 48 heavy (non-hydrogen) atoms. The summed E-state index contributed by atoms with van der Waals surface area (Å²) in [5.41, 5.74) is 3.44. The molecule has 1 aliphatic carbocycles. The van der Waals surface area contributed by atoms with Crippen LogP contribution in [0.1, 0.15) is 61.0 Å². The molecule has 0 spiro atoms. The van der Waals surface area contributed by atoms with Gasteiger partial charge >= 0.3 is 0 Å². The molecule has 1 fully saturated rings. The Bertz CT molecular complexity index is 1770. The van der Waals surface area contributed by atoms with Crippen LogP contribution in [-0.4, -0.2) is 65.2 Å². The largest absolute Gasteiger partial charge is 0.389 e. The Morgan fingerprint density at radius 3 is 2.69 bits per heavy atom. The summed E-state index contributed by atoms with van der Waals surface area (Å²) in [4.78, 5) is 34.3. The lowest BCUT2D eigenvalue weighted by atomic mass is 9.88. The molecule has 1 amide bonds. The number of dihydropyridines is 1. The maximum atomic E-state index is 14.7. The number of aliphatic hydroxyl groups is 1. The molecule has 250 valence electrons. The molecule has 5 rings (SSSR count). The van der Waals surface area contributed by atoms with E-state index in [9.17, 15) is 28.7 Å². The third-order valence-corrected chi connectivity index (χ3v) is 8.73. The number of fused-ring (bicyclic) bond motifs is 1. The maximum absolute atomic E-state index is 14.7. The number of aliphatic imine (C=N–C) groups is 1. The molecule has 4 aliphatic rings. The zero-order valence-electron chi connectivity index (χ0n) is 27.2. The van der Waals surface area contributed by atoms with Crippen molar-refractivity contribution >= 4 is 34.3 Å². The van der Waals surface area contributed by atoms with Crippen molar-refractivity contribution in [3.05, 3.63) is 83.6 Å². The molecule has 1 saturated heterocycles. The summed E-state index contributed by atoms with van der Waals surface area (Å²) >= 11 is 0. The summed E-state index contributed by atoms with van der Waals surface area (Å²) in [6.45, 7) is 4.21. The number of nitrogens with one attached hydrogen (secondary N) is 3. The minimum Gasteiger partial charge on any atom is -0.389 e. The first-order chi connectivity index (χ1) is 23.0. The number of amides is 1. The number of halogens is 2. The molecule has 0 radical (unpaired) electrons. The minimum atomic E-state index is -3.17. The fraction of sp³-hybridized carbons (Fsp3) is 0.378. The molecule has 0 saturated carbocycles. The van der Waals surface area contributed by atoms with Gasteiger partial charge in [-0.2, -0.15) is 14.0 Å². The molecule has 1 aromatic carbocycles. The second-order valence-electron chi connectivity index (χ2n) is 12.4. The summed E-state index contributed by atoms with van der Waals surface area (Å²) in [5.74, 6) is -4.07. The van der Waals surface area contributed by atoms with Crippen LogP contribution in [-0.2, 0) is 11.2 Å². The number of anilines is 2. The molecule has 0 aromatic heterocycles. The number of nitrogens with zero attached hydrogens (tertiary/aromatic N) is 3. The van der Waals surface area contributed by atoms with Crippen LogP contribution < -0.4 is 16.0 Å². The van der Waals surface area contributed by atoms with Crippen molar-refractivity contribution in [1.29, 1.82) is 5.26 Å². The number of hydrogen-bond acceptors (Lipinski definition) is 8. The maximum Gasteiger partial charge on any atom is 0.287 e. The van der Waals surface area contributed by atoms with Crippen molar-refractivity contribution in [2.24, 2.45) is 10.9 Å². The van der Waals surface area contributed by atoms with E-state index in [-0.39, 0.29) is 48.4 Å². The molecule has 3 aliphatic heterocycles. The van der Waals surface area contributed by atoms with Gasteiger partial charge in [0.05, 0.1) is 29.6 Å². The van der Waals surface area contributed by atoms with Crippen LogP contribution in [0.2, 0.25) is 0 Å². The number of carbonyl (C=O) groups excluding carboxylic acids is 2. The Balaban J connectivity index is 1.29. The molecule has 4 N–H and O–H groups in total. The Morgan fingerprint density at radius 2 is 1.96 bits per heavy atom. The number of ketones is 1. The Morgan fingerprint density at radius 1 is 1.19 bits per heavy atom. The summed E-state index contributed by atoms with van der Waals surface area (Å²) in [5, 5.41) is 29.1. The molecule has 1 aromatic rings. The van der Waals surface area contributed by atoms with E-state index in [2.05, 4.69) is 32.0 Å². The minimum absolute atomic E-state index is 0.132. The van der Waals surface area contributed by atoms with Crippen LogP contribution in [0.25, 0.3) is 16.8 Å². The third-order valence-electron chi connectivity index (χ3n) is 8.73. The first kappa shape index (κ1) is 34.5. The Kier molecular flexibility index (Phi) is 10.8. The first-order valence-corrected chi connectivity index (χ1v) is 16.2. The van der Waals surface area contributed by atoms with Gasteiger partial charge in [-0.3, -0.25) is 19.6 Å². The Hall–Kier alpha value is -4.79. The normalized spacial score (nSPS) is 17.8. The second kappa shape index (κ2) is 15.0. The number of aryl methyl sites for hydroxylation is 1. The number of hydrogen-bond donors (Lipinski definition) is 4. The molecule has 1 unspecified atom stereocenters. The molecule has 0 bridgehead atoms. The molecule has 11 heteroatoms. The van der Waals surface area contributed by atoms with E-state index in [0.717, 1.165) is 25.6 Å². The van der Waals surface area contributed by atoms with Gasteiger partial charge in [-0.05, 0) is 74.7 Å². The second-order valence-corrected chi connectivity index (χ2v) is 12.4. The van der Waals surface area contributed by atoms with Crippen LogP contribution in [0.4, 0.5) is 20.2 Å². The highest BCUT2D eigenvalue weighted by Gasteiger charge is 2.37. The van der Waals surface area contributed by atoms with Crippen molar-refractivity contribution in [1.82, 2.24) is 15.6 Å². The van der Waals surface area contributed by atoms with E-state index < -0.39 is 11.5 Å². The van der Waals surface area contributed by atoms with E-state index in [0.29, 0.717) is 59.4 Å². The van der Waals surface area contributed by atoms with Gasteiger partial charge < -0.3 is 21.1 Å². The number of allylic oxidation sites excluding steroid dienone is 1. The lowest BCUT2D eigenvalue weighted by molar-refractivity contribution is -0.113. The molecule has 1 atom stereocenters. The third kappa shape index (κ3) is 8.19. The fourth-order valence-corrected chi connectivity index (χ4v) is 6.14. The van der Waals surface area contributed by atoms with Crippen molar-refractivity contribution < 1.29 is 23.5 Å². The predicted molar refractivity (Wildman–Crippen MR) is 183 cm³/mol. The van der Waals surface area contributed by atoms with Gasteiger partial charge in [0.1, 0.15) is 5.71 Å². The van der Waals surface area contributed by atoms with Crippen molar-refractivity contribution in [2.45, 2.75) is 57.5 Å². The van der Waals surface area contributed by atoms with Crippen molar-refractivity contribution in [2.75, 3.05) is 31.5 Å². The summed E-state index contributed by atoms with van der Waals surface area (Å²) in [6, 6.07) is 14.7. The fourth-order valence-electron chi connectivity index (χ4n) is 6.14. The highest BCUT2D eigenvalue weighted by molar-refractivity contribution is 6.28. The highest BCUT2D eigenvalue weighted by atomic mass is 19.3. The SMILES string of the molecule is CCc1cc(Nc2ccccc3c(C4=CC(CC#N)CN=C4C(C)(F)F)cnc2-3)ccc1C(=O)NCC(=O)/C=C/CC1(O)CCNCC1. The monoisotopic (exact) mass is 654 g/mol. The smallest absolute Gasteiger partial charge is 0.287 e. The standard InChI is InChI=1S/C37H40F2N6O3/c1-3-25-20-26(10-11-28(25)35(47)44-22-27(46)7-6-13-37(48)14-17-41-18-15-37)45-32-9-5-4-8-29-31(23-42-33(29)32)30-19-24(12-16-40)21-43-34(30)36(2,38)39/h4-11,19-20,23-24,41,45,48H,3,12-15,17-18,21-22H2,1-2H3,(H,44,47)/b7-6+. The topological polar surface area (TPSA) is 140 Å². The van der Waals surface area contributed by atoms with Gasteiger partial charge in [0, 0.05) is 60.0 Å². The molecular weight excluding hydrogens is 614 g/mol. The average Bonchev–Trinajstić information content (AvgIpc) is 3.38. The number of rotatable bonds is 12. The van der Waals surface area contributed by atoms with E-state index in [1.54, 1.807) is 30.5 Å². The quantitative estimate of drug-likeness (QED) is 0.179. The van der Waals surface area contributed by atoms with E-state index in [1.807, 2.05) is 37.3 Å². The number of nitriles is 1. The van der Waals surface area contributed by atoms with Crippen LogP contribution in [0.3, 0.4) is 0 Å². The van der Waals surface area contributed by atoms with Gasteiger partial charge in [-0.15, -0.1) is 0 Å². The van der Waals surface area contributed by atoms with Crippen LogP contribution in [0.5, 0.6) is 0 Å². The zero-order chi connectivity index (χ0) is 34.3. The number of carbonyl (C=O) groups is 2. The van der Waals surface area contributed by atoms with Crippen LogP contribution >= 0.6 is 0 Å². The van der Waals surface area contributed by atoms with Crippen LogP contribution in [0.15, 0.2) is 71.9 Å². The predicted octanol–water partition coefficient (Wildman–Crippen LogP) is 5.88. The summed E-state index contributed by atoms with van der Waals surface area (Å²) in [7, 11) is 0.